The van der Waals surface area contributed by atoms with E-state index in [2.05, 4.69) is 10.6 Å². The number of carbonyl (C=O) groups excluding carboxylic acids is 1. The fourth-order valence-electron chi connectivity index (χ4n) is 1.93. The van der Waals surface area contributed by atoms with Crippen molar-refractivity contribution in [3.63, 3.8) is 0 Å². The number of anilines is 1. The number of amides is 1. The zero-order valence-electron chi connectivity index (χ0n) is 11.7. The van der Waals surface area contributed by atoms with E-state index in [0.717, 1.165) is 23.8 Å². The molecule has 0 aliphatic heterocycles. The summed E-state index contributed by atoms with van der Waals surface area (Å²) in [4.78, 5) is 12.0. The third-order valence-corrected chi connectivity index (χ3v) is 3.27. The van der Waals surface area contributed by atoms with Crippen LogP contribution in [0.2, 0.25) is 0 Å². The highest BCUT2D eigenvalue weighted by atomic mass is 16.5. The summed E-state index contributed by atoms with van der Waals surface area (Å²) in [6.07, 6.45) is 2.59. The van der Waals surface area contributed by atoms with Gasteiger partial charge in [-0.3, -0.25) is 4.79 Å². The molecule has 1 aliphatic rings. The fourth-order valence-corrected chi connectivity index (χ4v) is 1.93. The summed E-state index contributed by atoms with van der Waals surface area (Å²) in [6, 6.07) is 5.76. The first-order valence-corrected chi connectivity index (χ1v) is 6.85. The molecule has 19 heavy (non-hydrogen) atoms. The molecule has 1 aromatic carbocycles. The molecule has 0 aromatic heterocycles. The number of benzene rings is 1. The summed E-state index contributed by atoms with van der Waals surface area (Å²) < 4.78 is 5.49. The molecule has 1 aromatic rings. The third-order valence-electron chi connectivity index (χ3n) is 3.27. The minimum Gasteiger partial charge on any atom is -0.387 e. The first-order valence-electron chi connectivity index (χ1n) is 6.85. The lowest BCUT2D eigenvalue weighted by Gasteiger charge is -2.11. The van der Waals surface area contributed by atoms with Gasteiger partial charge in [-0.1, -0.05) is 6.07 Å². The van der Waals surface area contributed by atoms with Gasteiger partial charge in [0.25, 0.3) is 5.91 Å². The standard InChI is InChI=1S/C15H22N2O2/c1-11-3-6-13(14(9-11)16-2)15(18)17-7-8-19-10-12-4-5-12/h3,6,9,12,16H,4-5,7-8,10H2,1-2H3,(H,17,18). The van der Waals surface area contributed by atoms with Gasteiger partial charge in [0, 0.05) is 25.9 Å². The molecule has 0 saturated heterocycles. The fraction of sp³-hybridized carbons (Fsp3) is 0.533. The molecule has 2 N–H and O–H groups in total. The van der Waals surface area contributed by atoms with E-state index in [-0.39, 0.29) is 5.91 Å². The second kappa shape index (κ2) is 6.57. The van der Waals surface area contributed by atoms with Crippen LogP contribution in [0.15, 0.2) is 18.2 Å². The first kappa shape index (κ1) is 13.9. The lowest BCUT2D eigenvalue weighted by Crippen LogP contribution is -2.28. The molecule has 0 heterocycles. The lowest BCUT2D eigenvalue weighted by atomic mass is 10.1. The molecule has 0 unspecified atom stereocenters. The normalized spacial score (nSPS) is 14.2. The van der Waals surface area contributed by atoms with Gasteiger partial charge in [0.2, 0.25) is 0 Å². The Morgan fingerprint density at radius 3 is 2.89 bits per heavy atom. The van der Waals surface area contributed by atoms with Gasteiger partial charge in [-0.2, -0.15) is 0 Å². The van der Waals surface area contributed by atoms with Crippen LogP contribution in [0.25, 0.3) is 0 Å². The Morgan fingerprint density at radius 1 is 1.42 bits per heavy atom. The Morgan fingerprint density at radius 2 is 2.21 bits per heavy atom. The average Bonchev–Trinajstić information content (AvgIpc) is 3.22. The zero-order chi connectivity index (χ0) is 13.7. The summed E-state index contributed by atoms with van der Waals surface area (Å²) in [5.41, 5.74) is 2.67. The summed E-state index contributed by atoms with van der Waals surface area (Å²) in [5, 5.41) is 5.93. The minimum atomic E-state index is -0.0561. The Balaban J connectivity index is 1.78. The number of ether oxygens (including phenoxy) is 1. The molecule has 0 radical (unpaired) electrons. The van der Waals surface area contributed by atoms with Crippen LogP contribution in [0.4, 0.5) is 5.69 Å². The van der Waals surface area contributed by atoms with Crippen LogP contribution < -0.4 is 10.6 Å². The summed E-state index contributed by atoms with van der Waals surface area (Å²) in [5.74, 6) is 0.711. The number of nitrogens with one attached hydrogen (secondary N) is 2. The van der Waals surface area contributed by atoms with Crippen molar-refractivity contribution < 1.29 is 9.53 Å². The molecular formula is C15H22N2O2. The molecule has 0 atom stereocenters. The van der Waals surface area contributed by atoms with E-state index in [1.807, 2.05) is 32.2 Å². The second-order valence-corrected chi connectivity index (χ2v) is 5.07. The predicted octanol–water partition coefficient (Wildman–Crippen LogP) is 2.19. The Bertz CT molecular complexity index is 442. The average molecular weight is 262 g/mol. The third kappa shape index (κ3) is 4.24. The van der Waals surface area contributed by atoms with E-state index in [1.54, 1.807) is 0 Å². The van der Waals surface area contributed by atoms with Gasteiger partial charge in [-0.15, -0.1) is 0 Å². The maximum atomic E-state index is 12.0. The second-order valence-electron chi connectivity index (χ2n) is 5.07. The van der Waals surface area contributed by atoms with Crippen molar-refractivity contribution in [1.29, 1.82) is 0 Å². The number of hydrogen-bond acceptors (Lipinski definition) is 3. The van der Waals surface area contributed by atoms with Crippen LogP contribution >= 0.6 is 0 Å². The highest BCUT2D eigenvalue weighted by Gasteiger charge is 2.20. The van der Waals surface area contributed by atoms with Crippen LogP contribution in [0.5, 0.6) is 0 Å². The van der Waals surface area contributed by atoms with E-state index >= 15 is 0 Å². The van der Waals surface area contributed by atoms with Crippen LogP contribution in [0.3, 0.4) is 0 Å². The molecule has 0 spiro atoms. The first-order chi connectivity index (χ1) is 9.20. The topological polar surface area (TPSA) is 50.4 Å². The van der Waals surface area contributed by atoms with Crippen molar-refractivity contribution in [3.8, 4) is 0 Å². The van der Waals surface area contributed by atoms with Crippen LogP contribution in [-0.2, 0) is 4.74 Å². The number of hydrogen-bond donors (Lipinski definition) is 2. The van der Waals surface area contributed by atoms with Gasteiger partial charge in [-0.05, 0) is 43.4 Å². The van der Waals surface area contributed by atoms with E-state index in [4.69, 9.17) is 4.74 Å². The van der Waals surface area contributed by atoms with Crippen molar-refractivity contribution in [3.05, 3.63) is 29.3 Å². The van der Waals surface area contributed by atoms with Gasteiger partial charge in [0.15, 0.2) is 0 Å². The van der Waals surface area contributed by atoms with Gasteiger partial charge in [-0.25, -0.2) is 0 Å². The van der Waals surface area contributed by atoms with Gasteiger partial charge in [0.1, 0.15) is 0 Å². The van der Waals surface area contributed by atoms with Crippen LogP contribution in [0, 0.1) is 12.8 Å². The predicted molar refractivity (Wildman–Crippen MR) is 76.6 cm³/mol. The lowest BCUT2D eigenvalue weighted by molar-refractivity contribution is 0.0907. The van der Waals surface area contributed by atoms with Crippen molar-refractivity contribution in [2.24, 2.45) is 5.92 Å². The van der Waals surface area contributed by atoms with Crippen molar-refractivity contribution in [1.82, 2.24) is 5.32 Å². The number of aryl methyl sites for hydroxylation is 1. The SMILES string of the molecule is CNc1cc(C)ccc1C(=O)NCCOCC1CC1. The number of carbonyl (C=O) groups is 1. The molecule has 1 saturated carbocycles. The van der Waals surface area contributed by atoms with Crippen LogP contribution in [-0.4, -0.2) is 32.7 Å². The molecule has 4 heteroatoms. The van der Waals surface area contributed by atoms with Gasteiger partial charge < -0.3 is 15.4 Å². The van der Waals surface area contributed by atoms with Gasteiger partial charge in [0.05, 0.1) is 12.2 Å². The molecule has 1 fully saturated rings. The monoisotopic (exact) mass is 262 g/mol. The highest BCUT2D eigenvalue weighted by Crippen LogP contribution is 2.28. The van der Waals surface area contributed by atoms with Gasteiger partial charge >= 0.3 is 0 Å². The highest BCUT2D eigenvalue weighted by molar-refractivity contribution is 5.99. The molecular weight excluding hydrogens is 240 g/mol. The summed E-state index contributed by atoms with van der Waals surface area (Å²) in [6.45, 7) is 3.99. The van der Waals surface area contributed by atoms with Crippen molar-refractivity contribution in [2.75, 3.05) is 32.1 Å². The maximum absolute atomic E-state index is 12.0. The Labute approximate surface area is 114 Å². The Kier molecular flexibility index (Phi) is 4.80. The smallest absolute Gasteiger partial charge is 0.253 e. The molecule has 1 amide bonds. The van der Waals surface area contributed by atoms with Crippen LogP contribution in [0.1, 0.15) is 28.8 Å². The van der Waals surface area contributed by atoms with E-state index in [0.29, 0.717) is 18.7 Å². The van der Waals surface area contributed by atoms with Crippen molar-refractivity contribution >= 4 is 11.6 Å². The molecule has 1 aliphatic carbocycles. The maximum Gasteiger partial charge on any atom is 0.253 e. The quantitative estimate of drug-likeness (QED) is 0.741. The summed E-state index contributed by atoms with van der Waals surface area (Å²) in [7, 11) is 1.82. The summed E-state index contributed by atoms with van der Waals surface area (Å²) >= 11 is 0. The molecule has 0 bridgehead atoms. The van der Waals surface area contributed by atoms with Crippen molar-refractivity contribution in [2.45, 2.75) is 19.8 Å². The largest absolute Gasteiger partial charge is 0.387 e. The van der Waals surface area contributed by atoms with E-state index in [9.17, 15) is 4.79 Å². The van der Waals surface area contributed by atoms with E-state index < -0.39 is 0 Å². The minimum absolute atomic E-state index is 0.0561. The van der Waals surface area contributed by atoms with E-state index in [1.165, 1.54) is 12.8 Å². The molecule has 4 nitrogen and oxygen atoms in total. The molecule has 104 valence electrons. The number of rotatable bonds is 7. The molecule has 2 rings (SSSR count). The zero-order valence-corrected chi connectivity index (χ0v) is 11.7. The Hall–Kier alpha value is -1.55.